The van der Waals surface area contributed by atoms with Gasteiger partial charge >= 0.3 is 0 Å². The van der Waals surface area contributed by atoms with Crippen molar-refractivity contribution in [2.24, 2.45) is 7.05 Å². The topological polar surface area (TPSA) is 47.3 Å². The highest BCUT2D eigenvalue weighted by Gasteiger charge is 2.09. The molecule has 1 aromatic carbocycles. The average molecular weight is 246 g/mol. The van der Waals surface area contributed by atoms with E-state index in [-0.39, 0.29) is 0 Å². The molecule has 18 heavy (non-hydrogen) atoms. The number of aromatic nitrogens is 2. The van der Waals surface area contributed by atoms with Gasteiger partial charge in [-0.15, -0.1) is 0 Å². The fraction of sp³-hybridized carbons (Fsp3) is 0.357. The predicted octanol–water partition coefficient (Wildman–Crippen LogP) is 1.84. The zero-order chi connectivity index (χ0) is 13.0. The molecule has 2 aromatic rings. The first-order chi connectivity index (χ1) is 8.69. The van der Waals surface area contributed by atoms with E-state index in [1.165, 1.54) is 0 Å². The number of benzene rings is 1. The molecular formula is C14H18N2O2. The lowest BCUT2D eigenvalue weighted by Gasteiger charge is -2.10. The molecule has 1 aromatic heterocycles. The number of nitrogens with zero attached hydrogens (tertiary/aromatic N) is 2. The fourth-order valence-electron chi connectivity index (χ4n) is 1.92. The maximum atomic E-state index is 10.1. The van der Waals surface area contributed by atoms with Gasteiger partial charge in [-0.05, 0) is 16.7 Å². The normalized spacial score (nSPS) is 12.6. The summed E-state index contributed by atoms with van der Waals surface area (Å²) in [5.41, 5.74) is 3.06. The van der Waals surface area contributed by atoms with Gasteiger partial charge < -0.3 is 9.84 Å². The molecule has 1 heterocycles. The van der Waals surface area contributed by atoms with E-state index in [0.29, 0.717) is 13.0 Å². The number of methoxy groups -OCH3 is 1. The molecule has 0 aliphatic rings. The second-order valence-electron chi connectivity index (χ2n) is 4.42. The van der Waals surface area contributed by atoms with E-state index in [0.717, 1.165) is 16.7 Å². The Balaban J connectivity index is 2.02. The SMILES string of the molecule is COCc1ccc(C(O)Cc2cnn(C)c2)cc1. The van der Waals surface area contributed by atoms with Gasteiger partial charge in [-0.1, -0.05) is 24.3 Å². The van der Waals surface area contributed by atoms with Crippen molar-refractivity contribution in [1.82, 2.24) is 9.78 Å². The van der Waals surface area contributed by atoms with E-state index in [9.17, 15) is 5.11 Å². The minimum absolute atomic E-state index is 0.495. The van der Waals surface area contributed by atoms with E-state index in [2.05, 4.69) is 5.10 Å². The third-order valence-corrected chi connectivity index (χ3v) is 2.86. The van der Waals surface area contributed by atoms with Crippen LogP contribution in [0.5, 0.6) is 0 Å². The van der Waals surface area contributed by atoms with Gasteiger partial charge in [0.15, 0.2) is 0 Å². The summed E-state index contributed by atoms with van der Waals surface area (Å²) < 4.78 is 6.79. The Bertz CT molecular complexity index is 491. The molecule has 0 aliphatic carbocycles. The highest BCUT2D eigenvalue weighted by molar-refractivity contribution is 5.25. The lowest BCUT2D eigenvalue weighted by Crippen LogP contribution is -2.01. The third kappa shape index (κ3) is 3.18. The van der Waals surface area contributed by atoms with Crippen molar-refractivity contribution in [1.29, 1.82) is 0 Å². The average Bonchev–Trinajstić information content (AvgIpc) is 2.76. The van der Waals surface area contributed by atoms with Crippen LogP contribution in [-0.2, 0) is 24.8 Å². The van der Waals surface area contributed by atoms with Crippen LogP contribution in [0.2, 0.25) is 0 Å². The standard InChI is InChI=1S/C14H18N2O2/c1-16-9-12(8-15-16)7-14(17)13-5-3-11(4-6-13)10-18-2/h3-6,8-9,14,17H,7,10H2,1-2H3. The zero-order valence-electron chi connectivity index (χ0n) is 10.7. The monoisotopic (exact) mass is 246 g/mol. The van der Waals surface area contributed by atoms with Crippen LogP contribution in [0.15, 0.2) is 36.7 Å². The summed E-state index contributed by atoms with van der Waals surface area (Å²) in [6, 6.07) is 7.83. The summed E-state index contributed by atoms with van der Waals surface area (Å²) in [6.45, 7) is 0.596. The largest absolute Gasteiger partial charge is 0.388 e. The zero-order valence-corrected chi connectivity index (χ0v) is 10.7. The molecule has 4 heteroatoms. The van der Waals surface area contributed by atoms with E-state index in [1.54, 1.807) is 18.0 Å². The molecule has 0 aliphatic heterocycles. The lowest BCUT2D eigenvalue weighted by molar-refractivity contribution is 0.177. The summed E-state index contributed by atoms with van der Waals surface area (Å²) in [5, 5.41) is 14.2. The molecule has 1 N–H and O–H groups in total. The first-order valence-electron chi connectivity index (χ1n) is 5.92. The molecule has 0 bridgehead atoms. The lowest BCUT2D eigenvalue weighted by atomic mass is 10.0. The van der Waals surface area contributed by atoms with Crippen LogP contribution in [0.1, 0.15) is 22.8 Å². The molecule has 0 fully saturated rings. The number of aliphatic hydroxyl groups is 1. The molecule has 1 unspecified atom stereocenters. The molecular weight excluding hydrogens is 228 g/mol. The summed E-state index contributed by atoms with van der Waals surface area (Å²) >= 11 is 0. The quantitative estimate of drug-likeness (QED) is 0.875. The van der Waals surface area contributed by atoms with Gasteiger partial charge in [-0.25, -0.2) is 0 Å². The maximum absolute atomic E-state index is 10.1. The predicted molar refractivity (Wildman–Crippen MR) is 69.0 cm³/mol. The fourth-order valence-corrected chi connectivity index (χ4v) is 1.92. The summed E-state index contributed by atoms with van der Waals surface area (Å²) in [4.78, 5) is 0. The summed E-state index contributed by atoms with van der Waals surface area (Å²) in [5.74, 6) is 0. The molecule has 96 valence electrons. The molecule has 0 spiro atoms. The first-order valence-corrected chi connectivity index (χ1v) is 5.92. The number of aliphatic hydroxyl groups excluding tert-OH is 1. The molecule has 0 amide bonds. The summed E-state index contributed by atoms with van der Waals surface area (Å²) in [6.07, 6.45) is 3.79. The van der Waals surface area contributed by atoms with Gasteiger partial charge in [0.2, 0.25) is 0 Å². The second kappa shape index (κ2) is 5.80. The summed E-state index contributed by atoms with van der Waals surface area (Å²) in [7, 11) is 3.54. The van der Waals surface area contributed by atoms with Gasteiger partial charge in [0.05, 0.1) is 18.9 Å². The van der Waals surface area contributed by atoms with Gasteiger partial charge in [0, 0.05) is 26.8 Å². The molecule has 0 radical (unpaired) electrons. The molecule has 0 saturated carbocycles. The van der Waals surface area contributed by atoms with Crippen molar-refractivity contribution >= 4 is 0 Å². The Labute approximate surface area is 107 Å². The highest BCUT2D eigenvalue weighted by Crippen LogP contribution is 2.18. The van der Waals surface area contributed by atoms with Crippen molar-refractivity contribution in [3.63, 3.8) is 0 Å². The van der Waals surface area contributed by atoms with E-state index in [1.807, 2.05) is 37.5 Å². The van der Waals surface area contributed by atoms with Gasteiger partial charge in [-0.3, -0.25) is 4.68 Å². The van der Waals surface area contributed by atoms with E-state index in [4.69, 9.17) is 4.74 Å². The van der Waals surface area contributed by atoms with Gasteiger partial charge in [0.25, 0.3) is 0 Å². The Morgan fingerprint density at radius 1 is 1.28 bits per heavy atom. The van der Waals surface area contributed by atoms with Crippen molar-refractivity contribution in [2.75, 3.05) is 7.11 Å². The number of ether oxygens (including phenoxy) is 1. The Morgan fingerprint density at radius 2 is 2.00 bits per heavy atom. The molecule has 4 nitrogen and oxygen atoms in total. The number of hydrogen-bond acceptors (Lipinski definition) is 3. The van der Waals surface area contributed by atoms with Crippen molar-refractivity contribution in [3.05, 3.63) is 53.3 Å². The number of rotatable bonds is 5. The Morgan fingerprint density at radius 3 is 2.56 bits per heavy atom. The Kier molecular flexibility index (Phi) is 4.12. The number of hydrogen-bond donors (Lipinski definition) is 1. The van der Waals surface area contributed by atoms with Gasteiger partial charge in [0.1, 0.15) is 0 Å². The van der Waals surface area contributed by atoms with Crippen molar-refractivity contribution in [3.8, 4) is 0 Å². The minimum atomic E-state index is -0.495. The van der Waals surface area contributed by atoms with Crippen LogP contribution in [-0.4, -0.2) is 22.0 Å². The minimum Gasteiger partial charge on any atom is -0.388 e. The molecule has 0 saturated heterocycles. The number of aryl methyl sites for hydroxylation is 1. The van der Waals surface area contributed by atoms with Crippen molar-refractivity contribution < 1.29 is 9.84 Å². The van der Waals surface area contributed by atoms with Crippen LogP contribution in [0, 0.1) is 0 Å². The van der Waals surface area contributed by atoms with E-state index < -0.39 is 6.10 Å². The van der Waals surface area contributed by atoms with Crippen LogP contribution < -0.4 is 0 Å². The van der Waals surface area contributed by atoms with Crippen LogP contribution in [0.3, 0.4) is 0 Å². The Hall–Kier alpha value is -1.65. The highest BCUT2D eigenvalue weighted by atomic mass is 16.5. The second-order valence-corrected chi connectivity index (χ2v) is 4.42. The van der Waals surface area contributed by atoms with Crippen molar-refractivity contribution in [2.45, 2.75) is 19.1 Å². The third-order valence-electron chi connectivity index (χ3n) is 2.86. The van der Waals surface area contributed by atoms with Crippen LogP contribution >= 0.6 is 0 Å². The molecule has 2 rings (SSSR count). The molecule has 1 atom stereocenters. The first kappa shape index (κ1) is 12.8. The van der Waals surface area contributed by atoms with E-state index >= 15 is 0 Å². The maximum Gasteiger partial charge on any atom is 0.0831 e. The van der Waals surface area contributed by atoms with Crippen LogP contribution in [0.25, 0.3) is 0 Å². The smallest absolute Gasteiger partial charge is 0.0831 e. The van der Waals surface area contributed by atoms with Gasteiger partial charge in [-0.2, -0.15) is 5.10 Å². The van der Waals surface area contributed by atoms with Crippen LogP contribution in [0.4, 0.5) is 0 Å².